The van der Waals surface area contributed by atoms with Crippen molar-refractivity contribution < 1.29 is 0 Å². The van der Waals surface area contributed by atoms with E-state index < -0.39 is 0 Å². The molecule has 0 saturated carbocycles. The second kappa shape index (κ2) is 8.01. The Morgan fingerprint density at radius 3 is 0.750 bits per heavy atom. The smallest absolute Gasteiger partial charge is 0.0741 e. The van der Waals surface area contributed by atoms with E-state index in [1.54, 1.807) is 0 Å². The molecule has 0 spiro atoms. The van der Waals surface area contributed by atoms with E-state index in [1.807, 2.05) is 0 Å². The fourth-order valence-electron chi connectivity index (χ4n) is 6.11. The van der Waals surface area contributed by atoms with Crippen LogP contribution in [0, 0.1) is 26.8 Å². The Morgan fingerprint density at radius 1 is 0.438 bits per heavy atom. The van der Waals surface area contributed by atoms with E-state index in [-0.39, 0.29) is 18.4 Å². The summed E-state index contributed by atoms with van der Waals surface area (Å²) in [4.78, 5) is 0. The molecule has 3 aliphatic rings. The molecule has 0 radical (unpaired) electrons. The lowest BCUT2D eigenvalue weighted by Gasteiger charge is -2.45. The summed E-state index contributed by atoms with van der Waals surface area (Å²) < 4.78 is 6.79. The van der Waals surface area contributed by atoms with Gasteiger partial charge in [0.15, 0.2) is 0 Å². The van der Waals surface area contributed by atoms with E-state index in [0.29, 0.717) is 0 Å². The minimum Gasteiger partial charge on any atom is -0.0741 e. The first-order chi connectivity index (χ1) is 14.8. The predicted octanol–water partition coefficient (Wildman–Crippen LogP) is 10.6. The van der Waals surface area contributed by atoms with Crippen LogP contribution in [0.1, 0.15) is 40.3 Å². The van der Waals surface area contributed by atoms with Crippen molar-refractivity contribution in [2.45, 2.75) is 19.9 Å². The summed E-state index contributed by atoms with van der Waals surface area (Å²) in [6, 6.07) is 14.4. The molecule has 0 nitrogen and oxygen atoms in total. The van der Waals surface area contributed by atoms with Gasteiger partial charge in [-0.25, -0.2) is 0 Å². The van der Waals surface area contributed by atoms with Gasteiger partial charge in [-0.2, -0.15) is 0 Å². The van der Waals surface area contributed by atoms with Crippen LogP contribution in [0.5, 0.6) is 0 Å². The van der Waals surface area contributed by atoms with Gasteiger partial charge < -0.3 is 0 Å². The summed E-state index contributed by atoms with van der Waals surface area (Å²) in [6.45, 7) is 2.46. The third-order valence-corrected chi connectivity index (χ3v) is 20.9. The number of hydrogen-bond donors (Lipinski definition) is 0. The maximum absolute atomic E-state index is 4.46. The van der Waals surface area contributed by atoms with Gasteiger partial charge >= 0.3 is 0 Å². The second-order valence-corrected chi connectivity index (χ2v) is 19.1. The van der Waals surface area contributed by atoms with Gasteiger partial charge in [-0.1, -0.05) is 54.7 Å². The Bertz CT molecular complexity index is 1160. The van der Waals surface area contributed by atoms with Gasteiger partial charge in [-0.05, 0) is 205 Å². The average molecular weight is 1290 g/mol. The van der Waals surface area contributed by atoms with Gasteiger partial charge in [0.2, 0.25) is 0 Å². The van der Waals surface area contributed by atoms with Crippen molar-refractivity contribution in [3.05, 3.63) is 91.2 Å². The standard InChI is InChI=1S/C23H9Br3I6/c1-20-21(24)8-2-14(27)15(28)3-9(8)22(20,25)12-6-18(31)19(32)7-13(12)23(20,26)11-5-17(30)16(29)4-10(11)21/h2-7H,1H3. The maximum atomic E-state index is 4.46. The zero-order valence-electron chi connectivity index (χ0n) is 15.9. The first-order valence-corrected chi connectivity index (χ1v) is 18.3. The molecule has 3 aliphatic carbocycles. The summed E-state index contributed by atoms with van der Waals surface area (Å²) in [5, 5.41) is 0. The third-order valence-electron chi connectivity index (χ3n) is 7.48. The molecular formula is C23H9Br3I6. The molecule has 32 heavy (non-hydrogen) atoms. The summed E-state index contributed by atoms with van der Waals surface area (Å²) in [6.07, 6.45) is 0. The SMILES string of the molecule is CC12C3(Br)c4cc(I)c(I)cc4C1(Br)c1cc(I)c(I)cc1C2(Br)c1cc(I)c(I)cc13. The number of benzene rings is 3. The topological polar surface area (TPSA) is 0 Å². The summed E-state index contributed by atoms with van der Waals surface area (Å²) in [5.41, 5.74) is 8.01. The molecule has 6 rings (SSSR count). The number of halogens is 9. The zero-order valence-corrected chi connectivity index (χ0v) is 33.6. The number of rotatable bonds is 0. The molecule has 0 amide bonds. The molecule has 0 N–H and O–H groups in total. The molecule has 0 heterocycles. The molecule has 0 fully saturated rings. The minimum atomic E-state index is -0.331. The highest BCUT2D eigenvalue weighted by Crippen LogP contribution is 2.87. The molecule has 3 aromatic carbocycles. The van der Waals surface area contributed by atoms with Crippen LogP contribution in [0.25, 0.3) is 0 Å². The van der Waals surface area contributed by atoms with Gasteiger partial charge in [0.25, 0.3) is 0 Å². The largest absolute Gasteiger partial charge is 0.0855 e. The van der Waals surface area contributed by atoms with Crippen molar-refractivity contribution in [2.75, 3.05) is 0 Å². The van der Waals surface area contributed by atoms with Crippen LogP contribution in [-0.2, 0) is 13.0 Å². The lowest BCUT2D eigenvalue weighted by Crippen LogP contribution is -2.47. The Labute approximate surface area is 294 Å². The van der Waals surface area contributed by atoms with Crippen molar-refractivity contribution >= 4 is 183 Å². The Morgan fingerprint density at radius 2 is 0.594 bits per heavy atom. The minimum absolute atomic E-state index is 0.242. The van der Waals surface area contributed by atoms with Crippen molar-refractivity contribution in [2.24, 2.45) is 5.41 Å². The molecule has 9 heteroatoms. The van der Waals surface area contributed by atoms with E-state index in [4.69, 9.17) is 0 Å². The van der Waals surface area contributed by atoms with E-state index in [1.165, 1.54) is 54.8 Å². The molecular weight excluding hydrogens is 1280 g/mol. The third kappa shape index (κ3) is 2.69. The molecule has 0 atom stereocenters. The van der Waals surface area contributed by atoms with Crippen molar-refractivity contribution in [3.63, 3.8) is 0 Å². The summed E-state index contributed by atoms with van der Waals surface area (Å²) >= 11 is 28.3. The van der Waals surface area contributed by atoms with Crippen LogP contribution in [0.3, 0.4) is 0 Å². The number of hydrogen-bond acceptors (Lipinski definition) is 0. The number of fused-ring (bicyclic) bond motifs is 9. The predicted molar refractivity (Wildman–Crippen MR) is 193 cm³/mol. The normalized spacial score (nSPS) is 33.2. The molecule has 164 valence electrons. The molecule has 0 saturated heterocycles. The fourth-order valence-corrected chi connectivity index (χ4v) is 13.5. The fraction of sp³-hybridized carbons (Fsp3) is 0.217. The van der Waals surface area contributed by atoms with Crippen LogP contribution in [0.4, 0.5) is 0 Å². The first kappa shape index (κ1) is 25.7. The molecule has 0 bridgehead atoms. The van der Waals surface area contributed by atoms with E-state index in [2.05, 4.69) is 227 Å². The Hall–Kier alpha value is 3.48. The Kier molecular flexibility index (Phi) is 6.44. The summed E-state index contributed by atoms with van der Waals surface area (Å²) in [5.74, 6) is 0. The molecule has 3 aromatic rings. The molecule has 0 aromatic heterocycles. The molecule has 0 unspecified atom stereocenters. The molecule has 0 aliphatic heterocycles. The second-order valence-electron chi connectivity index (χ2n) is 8.54. The van der Waals surface area contributed by atoms with Crippen LogP contribution >= 0.6 is 183 Å². The van der Waals surface area contributed by atoms with E-state index in [9.17, 15) is 0 Å². The monoisotopic (exact) mass is 1280 g/mol. The van der Waals surface area contributed by atoms with Gasteiger partial charge in [-0.15, -0.1) is 0 Å². The quantitative estimate of drug-likeness (QED) is 0.155. The van der Waals surface area contributed by atoms with Crippen LogP contribution in [0.2, 0.25) is 0 Å². The van der Waals surface area contributed by atoms with Gasteiger partial charge in [0.1, 0.15) is 0 Å². The van der Waals surface area contributed by atoms with E-state index >= 15 is 0 Å². The van der Waals surface area contributed by atoms with Crippen LogP contribution in [0.15, 0.2) is 36.4 Å². The van der Waals surface area contributed by atoms with Crippen molar-refractivity contribution in [3.8, 4) is 0 Å². The lowest BCUT2D eigenvalue weighted by molar-refractivity contribution is 0.237. The highest BCUT2D eigenvalue weighted by atomic mass is 127. The number of alkyl halides is 3. The van der Waals surface area contributed by atoms with Gasteiger partial charge in [0.05, 0.1) is 13.0 Å². The highest BCUT2D eigenvalue weighted by Gasteiger charge is 2.83. The van der Waals surface area contributed by atoms with Crippen LogP contribution < -0.4 is 0 Å². The van der Waals surface area contributed by atoms with Crippen molar-refractivity contribution in [1.29, 1.82) is 0 Å². The lowest BCUT2D eigenvalue weighted by atomic mass is 9.70. The first-order valence-electron chi connectivity index (χ1n) is 9.41. The summed E-state index contributed by atoms with van der Waals surface area (Å²) in [7, 11) is 0. The Balaban J connectivity index is 1.91. The van der Waals surface area contributed by atoms with E-state index in [0.717, 1.165) is 0 Å². The van der Waals surface area contributed by atoms with Crippen LogP contribution in [-0.4, -0.2) is 0 Å². The highest BCUT2D eigenvalue weighted by molar-refractivity contribution is 14.1. The van der Waals surface area contributed by atoms with Gasteiger partial charge in [-0.3, -0.25) is 0 Å². The average Bonchev–Trinajstić information content (AvgIpc) is 3.06. The maximum Gasteiger partial charge on any atom is 0.0855 e. The van der Waals surface area contributed by atoms with Crippen molar-refractivity contribution in [1.82, 2.24) is 0 Å². The zero-order chi connectivity index (χ0) is 23.2. The van der Waals surface area contributed by atoms with Gasteiger partial charge in [0, 0.05) is 26.8 Å².